The standard InChI is InChI=1S/C16H24N2O3/c1-3-21-15-11-7-10-14(16(15)18(19)20)17-13-9-6-4-5-8-12(13)2/h7,10-13,17H,3-6,8-9H2,1-2H3. The fourth-order valence-electron chi connectivity index (χ4n) is 3.01. The number of benzene rings is 1. The zero-order valence-electron chi connectivity index (χ0n) is 12.8. The maximum absolute atomic E-state index is 11.4. The van der Waals surface area contributed by atoms with Crippen molar-refractivity contribution < 1.29 is 9.66 Å². The van der Waals surface area contributed by atoms with Crippen LogP contribution in [0.25, 0.3) is 0 Å². The third-order valence-corrected chi connectivity index (χ3v) is 4.18. The third kappa shape index (κ3) is 3.86. The van der Waals surface area contributed by atoms with E-state index in [1.54, 1.807) is 12.1 Å². The van der Waals surface area contributed by atoms with Gasteiger partial charge < -0.3 is 10.1 Å². The van der Waals surface area contributed by atoms with Crippen LogP contribution in [0, 0.1) is 16.0 Å². The number of para-hydroxylation sites is 1. The monoisotopic (exact) mass is 292 g/mol. The van der Waals surface area contributed by atoms with Crippen LogP contribution < -0.4 is 10.1 Å². The summed E-state index contributed by atoms with van der Waals surface area (Å²) in [4.78, 5) is 11.0. The zero-order chi connectivity index (χ0) is 15.2. The minimum Gasteiger partial charge on any atom is -0.487 e. The molecule has 2 atom stereocenters. The van der Waals surface area contributed by atoms with Crippen molar-refractivity contribution in [3.8, 4) is 5.75 Å². The number of ether oxygens (including phenoxy) is 1. The van der Waals surface area contributed by atoms with Crippen molar-refractivity contribution in [2.24, 2.45) is 5.92 Å². The van der Waals surface area contributed by atoms with Gasteiger partial charge in [-0.15, -0.1) is 0 Å². The van der Waals surface area contributed by atoms with Gasteiger partial charge in [0.15, 0.2) is 5.75 Å². The van der Waals surface area contributed by atoms with Crippen molar-refractivity contribution in [3.05, 3.63) is 28.3 Å². The van der Waals surface area contributed by atoms with E-state index < -0.39 is 0 Å². The number of rotatable bonds is 5. The van der Waals surface area contributed by atoms with Gasteiger partial charge in [0.1, 0.15) is 5.69 Å². The highest BCUT2D eigenvalue weighted by atomic mass is 16.6. The van der Waals surface area contributed by atoms with E-state index in [1.807, 2.05) is 13.0 Å². The van der Waals surface area contributed by atoms with Gasteiger partial charge in [0.25, 0.3) is 0 Å². The molecule has 0 aromatic heterocycles. The molecule has 0 heterocycles. The van der Waals surface area contributed by atoms with Crippen LogP contribution >= 0.6 is 0 Å². The van der Waals surface area contributed by atoms with Crippen LogP contribution in [0.2, 0.25) is 0 Å². The van der Waals surface area contributed by atoms with Gasteiger partial charge in [-0.2, -0.15) is 0 Å². The summed E-state index contributed by atoms with van der Waals surface area (Å²) in [7, 11) is 0. The van der Waals surface area contributed by atoms with Crippen LogP contribution in [0.4, 0.5) is 11.4 Å². The summed E-state index contributed by atoms with van der Waals surface area (Å²) >= 11 is 0. The summed E-state index contributed by atoms with van der Waals surface area (Å²) in [6, 6.07) is 5.53. The lowest BCUT2D eigenvalue weighted by molar-refractivity contribution is -0.385. The molecule has 116 valence electrons. The smallest absolute Gasteiger partial charge is 0.333 e. The lowest BCUT2D eigenvalue weighted by atomic mass is 9.96. The van der Waals surface area contributed by atoms with Crippen LogP contribution in [-0.4, -0.2) is 17.6 Å². The summed E-state index contributed by atoms with van der Waals surface area (Å²) in [6.45, 7) is 4.47. The number of hydrogen-bond acceptors (Lipinski definition) is 4. The average Bonchev–Trinajstić information content (AvgIpc) is 2.64. The molecule has 0 radical (unpaired) electrons. The Morgan fingerprint density at radius 3 is 2.81 bits per heavy atom. The Morgan fingerprint density at radius 1 is 1.33 bits per heavy atom. The Bertz CT molecular complexity index is 490. The maximum atomic E-state index is 11.4. The Kier molecular flexibility index (Phi) is 5.42. The molecule has 2 rings (SSSR count). The van der Waals surface area contributed by atoms with Crippen molar-refractivity contribution in [3.63, 3.8) is 0 Å². The van der Waals surface area contributed by atoms with Gasteiger partial charge in [-0.1, -0.05) is 32.3 Å². The highest BCUT2D eigenvalue weighted by Gasteiger charge is 2.25. The Balaban J connectivity index is 2.25. The van der Waals surface area contributed by atoms with Gasteiger partial charge in [0.2, 0.25) is 0 Å². The van der Waals surface area contributed by atoms with E-state index in [0.717, 1.165) is 6.42 Å². The lowest BCUT2D eigenvalue weighted by Gasteiger charge is -2.24. The number of nitro benzene ring substituents is 1. The first kappa shape index (κ1) is 15.6. The van der Waals surface area contributed by atoms with E-state index >= 15 is 0 Å². The number of anilines is 1. The summed E-state index contributed by atoms with van der Waals surface area (Å²) in [5, 5.41) is 14.8. The first-order valence-electron chi connectivity index (χ1n) is 7.80. The predicted molar refractivity (Wildman–Crippen MR) is 83.9 cm³/mol. The van der Waals surface area contributed by atoms with E-state index in [9.17, 15) is 10.1 Å². The largest absolute Gasteiger partial charge is 0.487 e. The molecule has 5 heteroatoms. The highest BCUT2D eigenvalue weighted by Crippen LogP contribution is 2.36. The molecule has 21 heavy (non-hydrogen) atoms. The third-order valence-electron chi connectivity index (χ3n) is 4.18. The maximum Gasteiger partial charge on any atom is 0.333 e. The molecular weight excluding hydrogens is 268 g/mol. The van der Waals surface area contributed by atoms with Crippen LogP contribution in [0.5, 0.6) is 5.75 Å². The number of nitrogens with zero attached hydrogens (tertiary/aromatic N) is 1. The number of nitrogens with one attached hydrogen (secondary N) is 1. The van der Waals surface area contributed by atoms with Crippen molar-refractivity contribution in [1.29, 1.82) is 0 Å². The van der Waals surface area contributed by atoms with E-state index in [2.05, 4.69) is 12.2 Å². The number of nitro groups is 1. The molecule has 0 amide bonds. The highest BCUT2D eigenvalue weighted by molar-refractivity contribution is 5.68. The second-order valence-electron chi connectivity index (χ2n) is 5.71. The van der Waals surface area contributed by atoms with E-state index in [1.165, 1.54) is 25.7 Å². The average molecular weight is 292 g/mol. The molecule has 5 nitrogen and oxygen atoms in total. The molecule has 1 aliphatic carbocycles. The second-order valence-corrected chi connectivity index (χ2v) is 5.71. The molecule has 2 unspecified atom stereocenters. The first-order chi connectivity index (χ1) is 10.1. The summed E-state index contributed by atoms with van der Waals surface area (Å²) in [5.41, 5.74) is 0.625. The quantitative estimate of drug-likeness (QED) is 0.497. The Labute approximate surface area is 125 Å². The van der Waals surface area contributed by atoms with Gasteiger partial charge in [-0.05, 0) is 37.8 Å². The molecule has 1 fully saturated rings. The molecule has 1 aliphatic rings. The van der Waals surface area contributed by atoms with Crippen molar-refractivity contribution in [2.45, 2.75) is 52.0 Å². The lowest BCUT2D eigenvalue weighted by Crippen LogP contribution is -2.26. The molecule has 0 spiro atoms. The van der Waals surface area contributed by atoms with E-state index in [4.69, 9.17) is 4.74 Å². The van der Waals surface area contributed by atoms with Crippen LogP contribution in [0.1, 0.15) is 46.0 Å². The van der Waals surface area contributed by atoms with E-state index in [-0.39, 0.29) is 10.6 Å². The number of hydrogen-bond donors (Lipinski definition) is 1. The van der Waals surface area contributed by atoms with Crippen molar-refractivity contribution in [2.75, 3.05) is 11.9 Å². The zero-order valence-corrected chi connectivity index (χ0v) is 12.8. The minimum absolute atomic E-state index is 0.0517. The molecule has 1 N–H and O–H groups in total. The van der Waals surface area contributed by atoms with E-state index in [0.29, 0.717) is 30.0 Å². The fraction of sp³-hybridized carbons (Fsp3) is 0.625. The summed E-state index contributed by atoms with van der Waals surface area (Å²) < 4.78 is 5.40. The normalized spacial score (nSPS) is 22.4. The van der Waals surface area contributed by atoms with Gasteiger partial charge in [0, 0.05) is 6.04 Å². The predicted octanol–water partition coefficient (Wildman–Crippen LogP) is 4.37. The van der Waals surface area contributed by atoms with Crippen LogP contribution in [0.15, 0.2) is 18.2 Å². The van der Waals surface area contributed by atoms with Gasteiger partial charge >= 0.3 is 5.69 Å². The topological polar surface area (TPSA) is 64.4 Å². The van der Waals surface area contributed by atoms with Crippen molar-refractivity contribution in [1.82, 2.24) is 0 Å². The summed E-state index contributed by atoms with van der Waals surface area (Å²) in [6.07, 6.45) is 5.93. The molecule has 1 aromatic carbocycles. The Hall–Kier alpha value is -1.78. The minimum atomic E-state index is -0.352. The Morgan fingerprint density at radius 2 is 2.10 bits per heavy atom. The molecule has 1 saturated carbocycles. The molecule has 1 aromatic rings. The SMILES string of the molecule is CCOc1cccc(NC2CCCCCC2C)c1[N+](=O)[O-]. The van der Waals surface area contributed by atoms with Crippen molar-refractivity contribution >= 4 is 11.4 Å². The van der Waals surface area contributed by atoms with Gasteiger partial charge in [-0.25, -0.2) is 0 Å². The fourth-order valence-corrected chi connectivity index (χ4v) is 3.01. The van der Waals surface area contributed by atoms with Crippen LogP contribution in [0.3, 0.4) is 0 Å². The van der Waals surface area contributed by atoms with Gasteiger partial charge in [-0.3, -0.25) is 10.1 Å². The molecular formula is C16H24N2O3. The second kappa shape index (κ2) is 7.29. The van der Waals surface area contributed by atoms with Gasteiger partial charge in [0.05, 0.1) is 11.5 Å². The molecule has 0 saturated heterocycles. The molecule has 0 bridgehead atoms. The van der Waals surface area contributed by atoms with Crippen LogP contribution in [-0.2, 0) is 0 Å². The first-order valence-corrected chi connectivity index (χ1v) is 7.80. The molecule has 0 aliphatic heterocycles. The summed E-state index contributed by atoms with van der Waals surface area (Å²) in [5.74, 6) is 0.872.